The summed E-state index contributed by atoms with van der Waals surface area (Å²) in [6.45, 7) is 11.3. The van der Waals surface area contributed by atoms with Crippen LogP contribution in [0.15, 0.2) is 42.5 Å². The Balaban J connectivity index is 2.06. The second-order valence-corrected chi connectivity index (χ2v) is 6.64. The van der Waals surface area contributed by atoms with Crippen LogP contribution in [0.25, 0.3) is 0 Å². The Morgan fingerprint density at radius 2 is 1.52 bits per heavy atom. The van der Waals surface area contributed by atoms with E-state index >= 15 is 0 Å². The third-order valence-corrected chi connectivity index (χ3v) is 4.60. The SMILES string of the molecule is Cc1ccc(C(C)CCc2cccc(C(C)C)c2C)cc1. The molecular formula is C21H28. The van der Waals surface area contributed by atoms with Crippen LogP contribution in [-0.2, 0) is 6.42 Å². The van der Waals surface area contributed by atoms with Gasteiger partial charge in [-0.25, -0.2) is 0 Å². The van der Waals surface area contributed by atoms with Gasteiger partial charge < -0.3 is 0 Å². The number of benzene rings is 2. The molecule has 2 aromatic carbocycles. The van der Waals surface area contributed by atoms with E-state index in [1.165, 1.54) is 40.7 Å². The fraction of sp³-hybridized carbons (Fsp3) is 0.429. The molecule has 1 atom stereocenters. The van der Waals surface area contributed by atoms with Crippen LogP contribution in [-0.4, -0.2) is 0 Å². The maximum absolute atomic E-state index is 2.34. The molecule has 21 heavy (non-hydrogen) atoms. The fourth-order valence-corrected chi connectivity index (χ4v) is 3.03. The minimum absolute atomic E-state index is 0.611. The molecule has 0 bridgehead atoms. The van der Waals surface area contributed by atoms with Crippen LogP contribution in [0.1, 0.15) is 66.8 Å². The van der Waals surface area contributed by atoms with Gasteiger partial charge in [0.2, 0.25) is 0 Å². The van der Waals surface area contributed by atoms with Gasteiger partial charge in [-0.15, -0.1) is 0 Å². The number of hydrogen-bond acceptors (Lipinski definition) is 0. The quantitative estimate of drug-likeness (QED) is 0.615. The highest BCUT2D eigenvalue weighted by molar-refractivity contribution is 5.36. The Bertz CT molecular complexity index is 575. The molecule has 0 heteroatoms. The maximum atomic E-state index is 2.34. The summed E-state index contributed by atoms with van der Waals surface area (Å²) in [5, 5.41) is 0. The Kier molecular flexibility index (Phi) is 5.22. The van der Waals surface area contributed by atoms with Crippen LogP contribution in [0.5, 0.6) is 0 Å². The second-order valence-electron chi connectivity index (χ2n) is 6.64. The van der Waals surface area contributed by atoms with Crippen LogP contribution in [0.3, 0.4) is 0 Å². The molecule has 2 aromatic rings. The lowest BCUT2D eigenvalue weighted by molar-refractivity contribution is 0.676. The van der Waals surface area contributed by atoms with Gasteiger partial charge in [-0.1, -0.05) is 68.8 Å². The average Bonchev–Trinajstić information content (AvgIpc) is 2.46. The van der Waals surface area contributed by atoms with Crippen molar-refractivity contribution < 1.29 is 0 Å². The molecule has 0 spiro atoms. The van der Waals surface area contributed by atoms with E-state index in [4.69, 9.17) is 0 Å². The Hall–Kier alpha value is -1.56. The molecule has 0 aliphatic rings. The van der Waals surface area contributed by atoms with Crippen molar-refractivity contribution in [3.05, 3.63) is 70.3 Å². The third-order valence-electron chi connectivity index (χ3n) is 4.60. The summed E-state index contributed by atoms with van der Waals surface area (Å²) in [6, 6.07) is 15.8. The molecule has 0 saturated heterocycles. The number of aryl methyl sites for hydroxylation is 2. The first kappa shape index (κ1) is 15.8. The van der Waals surface area contributed by atoms with Crippen LogP contribution < -0.4 is 0 Å². The molecule has 0 nitrogen and oxygen atoms in total. The molecule has 2 rings (SSSR count). The highest BCUT2D eigenvalue weighted by Gasteiger charge is 2.10. The molecule has 0 aliphatic heterocycles. The molecule has 0 aromatic heterocycles. The van der Waals surface area contributed by atoms with Gasteiger partial charge in [0.05, 0.1) is 0 Å². The van der Waals surface area contributed by atoms with Gasteiger partial charge in [0.25, 0.3) is 0 Å². The van der Waals surface area contributed by atoms with E-state index in [-0.39, 0.29) is 0 Å². The smallest absolute Gasteiger partial charge is 0.0187 e. The molecule has 0 heterocycles. The van der Waals surface area contributed by atoms with Crippen molar-refractivity contribution in [2.75, 3.05) is 0 Å². The molecule has 0 saturated carbocycles. The van der Waals surface area contributed by atoms with E-state index in [1.807, 2.05) is 0 Å². The molecule has 0 fully saturated rings. The monoisotopic (exact) mass is 280 g/mol. The van der Waals surface area contributed by atoms with E-state index in [0.29, 0.717) is 11.8 Å². The topological polar surface area (TPSA) is 0 Å². The lowest BCUT2D eigenvalue weighted by atomic mass is 9.89. The summed E-state index contributed by atoms with van der Waals surface area (Å²) in [5.41, 5.74) is 7.30. The molecule has 0 N–H and O–H groups in total. The van der Waals surface area contributed by atoms with Crippen molar-refractivity contribution in [1.29, 1.82) is 0 Å². The summed E-state index contributed by atoms with van der Waals surface area (Å²) in [6.07, 6.45) is 2.38. The van der Waals surface area contributed by atoms with E-state index < -0.39 is 0 Å². The van der Waals surface area contributed by atoms with Crippen LogP contribution in [0.4, 0.5) is 0 Å². The second kappa shape index (κ2) is 6.93. The maximum Gasteiger partial charge on any atom is -0.0187 e. The van der Waals surface area contributed by atoms with Crippen LogP contribution in [0, 0.1) is 13.8 Å². The third kappa shape index (κ3) is 3.97. The van der Waals surface area contributed by atoms with Crippen LogP contribution in [0.2, 0.25) is 0 Å². The average molecular weight is 280 g/mol. The summed E-state index contributed by atoms with van der Waals surface area (Å²) in [4.78, 5) is 0. The van der Waals surface area contributed by atoms with Crippen molar-refractivity contribution in [2.45, 2.75) is 59.3 Å². The van der Waals surface area contributed by atoms with E-state index in [0.717, 1.165) is 0 Å². The van der Waals surface area contributed by atoms with E-state index in [9.17, 15) is 0 Å². The Labute approximate surface area is 130 Å². The Morgan fingerprint density at radius 3 is 2.14 bits per heavy atom. The van der Waals surface area contributed by atoms with E-state index in [1.54, 1.807) is 0 Å². The summed E-state index contributed by atoms with van der Waals surface area (Å²) >= 11 is 0. The zero-order valence-corrected chi connectivity index (χ0v) is 14.1. The lowest BCUT2D eigenvalue weighted by Crippen LogP contribution is -2.01. The first-order valence-electron chi connectivity index (χ1n) is 8.14. The summed E-state index contributed by atoms with van der Waals surface area (Å²) in [7, 11) is 0. The molecule has 0 aliphatic carbocycles. The number of rotatable bonds is 5. The van der Waals surface area contributed by atoms with Gasteiger partial charge in [-0.3, -0.25) is 0 Å². The zero-order chi connectivity index (χ0) is 15.4. The van der Waals surface area contributed by atoms with Crippen molar-refractivity contribution >= 4 is 0 Å². The van der Waals surface area contributed by atoms with Gasteiger partial charge in [0, 0.05) is 0 Å². The highest BCUT2D eigenvalue weighted by atomic mass is 14.1. The normalized spacial score (nSPS) is 12.7. The first-order valence-corrected chi connectivity index (χ1v) is 8.14. The minimum Gasteiger partial charge on any atom is -0.0617 e. The van der Waals surface area contributed by atoms with Gasteiger partial charge in [0.15, 0.2) is 0 Å². The Morgan fingerprint density at radius 1 is 0.857 bits per heavy atom. The van der Waals surface area contributed by atoms with Crippen molar-refractivity contribution in [1.82, 2.24) is 0 Å². The largest absolute Gasteiger partial charge is 0.0617 e. The fourth-order valence-electron chi connectivity index (χ4n) is 3.03. The first-order chi connectivity index (χ1) is 9.99. The lowest BCUT2D eigenvalue weighted by Gasteiger charge is -2.16. The standard InChI is InChI=1S/C21H28/c1-15(2)21-8-6-7-20(18(21)5)14-11-17(4)19-12-9-16(3)10-13-19/h6-10,12-13,15,17H,11,14H2,1-5H3. The molecule has 112 valence electrons. The van der Waals surface area contributed by atoms with Gasteiger partial charge in [-0.05, 0) is 60.8 Å². The van der Waals surface area contributed by atoms with Crippen molar-refractivity contribution in [3.8, 4) is 0 Å². The molecular weight excluding hydrogens is 252 g/mol. The van der Waals surface area contributed by atoms with Crippen LogP contribution >= 0.6 is 0 Å². The molecule has 0 amide bonds. The predicted molar refractivity (Wildman–Crippen MR) is 93.2 cm³/mol. The van der Waals surface area contributed by atoms with Gasteiger partial charge in [-0.2, -0.15) is 0 Å². The van der Waals surface area contributed by atoms with E-state index in [2.05, 4.69) is 77.1 Å². The van der Waals surface area contributed by atoms with Crippen molar-refractivity contribution in [2.24, 2.45) is 0 Å². The van der Waals surface area contributed by atoms with Crippen molar-refractivity contribution in [3.63, 3.8) is 0 Å². The van der Waals surface area contributed by atoms with Gasteiger partial charge in [0.1, 0.15) is 0 Å². The minimum atomic E-state index is 0.611. The zero-order valence-electron chi connectivity index (χ0n) is 14.1. The molecule has 1 unspecified atom stereocenters. The number of hydrogen-bond donors (Lipinski definition) is 0. The van der Waals surface area contributed by atoms with Gasteiger partial charge >= 0.3 is 0 Å². The summed E-state index contributed by atoms with van der Waals surface area (Å²) < 4.78 is 0. The predicted octanol–water partition coefficient (Wildman–Crippen LogP) is 6.16. The molecule has 0 radical (unpaired) electrons. The highest BCUT2D eigenvalue weighted by Crippen LogP contribution is 2.26. The summed E-state index contributed by atoms with van der Waals surface area (Å²) in [5.74, 6) is 1.23.